The third-order valence-electron chi connectivity index (χ3n) is 4.13. The number of rotatable bonds is 2. The highest BCUT2D eigenvalue weighted by Crippen LogP contribution is 2.53. The van der Waals surface area contributed by atoms with Gasteiger partial charge in [0.25, 0.3) is 0 Å². The lowest BCUT2D eigenvalue weighted by molar-refractivity contribution is 0.0230. The summed E-state index contributed by atoms with van der Waals surface area (Å²) in [4.78, 5) is 10.6. The van der Waals surface area contributed by atoms with Gasteiger partial charge in [-0.15, -0.1) is 0 Å². The highest BCUT2D eigenvalue weighted by atomic mass is 16.1. The summed E-state index contributed by atoms with van der Waals surface area (Å²) in [6, 6.07) is 0.520. The minimum atomic E-state index is 0.520. The number of nitrogens with zero attached hydrogens (tertiary/aromatic N) is 2. The average Bonchev–Trinajstić information content (AvgIpc) is 2.75. The maximum atomic E-state index is 10.6. The van der Waals surface area contributed by atoms with Crippen LogP contribution in [0.5, 0.6) is 0 Å². The van der Waals surface area contributed by atoms with Crippen molar-refractivity contribution in [1.29, 1.82) is 0 Å². The quantitative estimate of drug-likeness (QED) is 0.765. The first-order valence-corrected chi connectivity index (χ1v) is 6.01. The van der Waals surface area contributed by atoms with Crippen LogP contribution in [-0.2, 0) is 0 Å². The van der Waals surface area contributed by atoms with E-state index in [-0.39, 0.29) is 0 Å². The van der Waals surface area contributed by atoms with Crippen LogP contribution in [0.3, 0.4) is 0 Å². The van der Waals surface area contributed by atoms with Crippen molar-refractivity contribution in [2.75, 3.05) is 13.1 Å². The summed E-state index contributed by atoms with van der Waals surface area (Å²) in [6.07, 6.45) is 9.44. The van der Waals surface area contributed by atoms with Crippen LogP contribution in [-0.4, -0.2) is 29.2 Å². The molecule has 0 amide bonds. The van der Waals surface area contributed by atoms with Gasteiger partial charge in [-0.05, 0) is 44.2 Å². The fraction of sp³-hybridized carbons (Fsp3) is 0.667. The zero-order valence-electron chi connectivity index (χ0n) is 9.35. The molecule has 4 heteroatoms. The third-order valence-corrected chi connectivity index (χ3v) is 4.13. The molecule has 0 radical (unpaired) electrons. The van der Waals surface area contributed by atoms with E-state index in [0.717, 1.165) is 19.4 Å². The number of piperidine rings is 1. The molecule has 1 aliphatic carbocycles. The molecule has 1 saturated carbocycles. The van der Waals surface area contributed by atoms with Crippen LogP contribution in [0.2, 0.25) is 0 Å². The number of aromatic nitrogens is 2. The number of aldehydes is 1. The minimum absolute atomic E-state index is 0.520. The molecule has 0 unspecified atom stereocenters. The molecular formula is C12H17N3O. The SMILES string of the molecule is O=Cc1cnn(C2CC3(CCNCC3)C2)c1. The molecule has 0 atom stereocenters. The smallest absolute Gasteiger partial charge is 0.153 e. The Morgan fingerprint density at radius 2 is 2.19 bits per heavy atom. The summed E-state index contributed by atoms with van der Waals surface area (Å²) in [5, 5.41) is 7.66. The number of carbonyl (C=O) groups is 1. The molecule has 0 aromatic carbocycles. The zero-order valence-corrected chi connectivity index (χ0v) is 9.35. The first kappa shape index (κ1) is 10.0. The highest BCUT2D eigenvalue weighted by Gasteiger charge is 2.45. The van der Waals surface area contributed by atoms with E-state index >= 15 is 0 Å². The van der Waals surface area contributed by atoms with E-state index in [1.54, 1.807) is 6.20 Å². The van der Waals surface area contributed by atoms with E-state index in [2.05, 4.69) is 10.4 Å². The molecule has 1 N–H and O–H groups in total. The van der Waals surface area contributed by atoms with Crippen molar-refractivity contribution < 1.29 is 4.79 Å². The molecule has 1 aromatic heterocycles. The van der Waals surface area contributed by atoms with Gasteiger partial charge in [0.2, 0.25) is 0 Å². The van der Waals surface area contributed by atoms with Crippen LogP contribution in [0.25, 0.3) is 0 Å². The highest BCUT2D eigenvalue weighted by molar-refractivity contribution is 5.73. The molecule has 0 bridgehead atoms. The number of hydrogen-bond donors (Lipinski definition) is 1. The van der Waals surface area contributed by atoms with Crippen molar-refractivity contribution in [3.63, 3.8) is 0 Å². The van der Waals surface area contributed by atoms with Gasteiger partial charge < -0.3 is 5.32 Å². The minimum Gasteiger partial charge on any atom is -0.317 e. The van der Waals surface area contributed by atoms with Crippen LogP contribution in [0.4, 0.5) is 0 Å². The van der Waals surface area contributed by atoms with Gasteiger partial charge >= 0.3 is 0 Å². The second-order valence-electron chi connectivity index (χ2n) is 5.18. The summed E-state index contributed by atoms with van der Waals surface area (Å²) >= 11 is 0. The molecule has 16 heavy (non-hydrogen) atoms. The first-order chi connectivity index (χ1) is 7.81. The maximum absolute atomic E-state index is 10.6. The lowest BCUT2D eigenvalue weighted by Crippen LogP contribution is -2.46. The third kappa shape index (κ3) is 1.57. The fourth-order valence-electron chi connectivity index (χ4n) is 3.11. The Morgan fingerprint density at radius 1 is 1.44 bits per heavy atom. The Bertz CT molecular complexity index is 385. The lowest BCUT2D eigenvalue weighted by Gasteiger charge is -2.50. The summed E-state index contributed by atoms with van der Waals surface area (Å²) in [7, 11) is 0. The second kappa shape index (κ2) is 3.70. The van der Waals surface area contributed by atoms with Gasteiger partial charge in [0.15, 0.2) is 6.29 Å². The molecule has 1 spiro atoms. The first-order valence-electron chi connectivity index (χ1n) is 6.01. The summed E-state index contributed by atoms with van der Waals surface area (Å²) in [6.45, 7) is 2.32. The summed E-state index contributed by atoms with van der Waals surface area (Å²) in [5.41, 5.74) is 1.26. The van der Waals surface area contributed by atoms with E-state index in [1.165, 1.54) is 25.7 Å². The van der Waals surface area contributed by atoms with Gasteiger partial charge in [-0.2, -0.15) is 5.10 Å². The molecule has 4 nitrogen and oxygen atoms in total. The number of hydrogen-bond acceptors (Lipinski definition) is 3. The normalized spacial score (nSPS) is 24.2. The van der Waals surface area contributed by atoms with Crippen molar-refractivity contribution >= 4 is 6.29 Å². The molecule has 3 rings (SSSR count). The van der Waals surface area contributed by atoms with E-state index in [0.29, 0.717) is 17.0 Å². The summed E-state index contributed by atoms with van der Waals surface area (Å²) < 4.78 is 1.97. The summed E-state index contributed by atoms with van der Waals surface area (Å²) in [5.74, 6) is 0. The van der Waals surface area contributed by atoms with Crippen LogP contribution in [0.15, 0.2) is 12.4 Å². The van der Waals surface area contributed by atoms with Gasteiger partial charge in [0.05, 0.1) is 17.8 Å². The molecule has 2 aliphatic rings. The maximum Gasteiger partial charge on any atom is 0.153 e. The van der Waals surface area contributed by atoms with E-state index in [9.17, 15) is 4.79 Å². The standard InChI is InChI=1S/C12H17N3O/c16-9-10-7-14-15(8-10)11-5-12(6-11)1-3-13-4-2-12/h7-9,11,13H,1-6H2. The van der Waals surface area contributed by atoms with Gasteiger partial charge in [0, 0.05) is 6.20 Å². The van der Waals surface area contributed by atoms with Crippen molar-refractivity contribution in [1.82, 2.24) is 15.1 Å². The van der Waals surface area contributed by atoms with Crippen molar-refractivity contribution in [2.24, 2.45) is 5.41 Å². The monoisotopic (exact) mass is 219 g/mol. The predicted octanol–water partition coefficient (Wildman–Crippen LogP) is 1.40. The Morgan fingerprint density at radius 3 is 2.81 bits per heavy atom. The average molecular weight is 219 g/mol. The molecule has 1 saturated heterocycles. The Kier molecular flexibility index (Phi) is 2.32. The molecule has 86 valence electrons. The van der Waals surface area contributed by atoms with Crippen molar-refractivity contribution in [3.05, 3.63) is 18.0 Å². The topological polar surface area (TPSA) is 46.9 Å². The largest absolute Gasteiger partial charge is 0.317 e. The Balaban J connectivity index is 1.65. The Labute approximate surface area is 95.0 Å². The molecule has 1 aliphatic heterocycles. The zero-order chi connectivity index (χ0) is 11.0. The van der Waals surface area contributed by atoms with E-state index in [4.69, 9.17) is 0 Å². The van der Waals surface area contributed by atoms with Gasteiger partial charge in [-0.3, -0.25) is 9.48 Å². The fourth-order valence-corrected chi connectivity index (χ4v) is 3.11. The molecular weight excluding hydrogens is 202 g/mol. The van der Waals surface area contributed by atoms with Crippen LogP contribution < -0.4 is 5.32 Å². The van der Waals surface area contributed by atoms with Gasteiger partial charge in [0.1, 0.15) is 0 Å². The van der Waals surface area contributed by atoms with Gasteiger partial charge in [-0.25, -0.2) is 0 Å². The Hall–Kier alpha value is -1.16. The van der Waals surface area contributed by atoms with Crippen LogP contribution in [0.1, 0.15) is 42.1 Å². The lowest BCUT2D eigenvalue weighted by atomic mass is 9.60. The number of nitrogens with one attached hydrogen (secondary N) is 1. The van der Waals surface area contributed by atoms with Crippen LogP contribution in [0, 0.1) is 5.41 Å². The van der Waals surface area contributed by atoms with Crippen LogP contribution >= 0.6 is 0 Å². The predicted molar refractivity (Wildman–Crippen MR) is 60.4 cm³/mol. The molecule has 2 heterocycles. The second-order valence-corrected chi connectivity index (χ2v) is 5.18. The van der Waals surface area contributed by atoms with Crippen molar-refractivity contribution in [3.8, 4) is 0 Å². The number of carbonyl (C=O) groups excluding carboxylic acids is 1. The molecule has 1 aromatic rings. The van der Waals surface area contributed by atoms with Gasteiger partial charge in [-0.1, -0.05) is 0 Å². The van der Waals surface area contributed by atoms with E-state index in [1.807, 2.05) is 10.9 Å². The van der Waals surface area contributed by atoms with E-state index < -0.39 is 0 Å². The van der Waals surface area contributed by atoms with Crippen molar-refractivity contribution in [2.45, 2.75) is 31.7 Å². The molecule has 2 fully saturated rings.